The number of esters is 1. The van der Waals surface area contributed by atoms with Gasteiger partial charge in [-0.05, 0) is 32.0 Å². The highest BCUT2D eigenvalue weighted by Gasteiger charge is 2.40. The summed E-state index contributed by atoms with van der Waals surface area (Å²) in [7, 11) is 1.34. The van der Waals surface area contributed by atoms with Crippen molar-refractivity contribution in [3.05, 3.63) is 66.0 Å². The fraction of sp³-hybridized carbons (Fsp3) is 0.278. The molecule has 0 aromatic heterocycles. The zero-order valence-electron chi connectivity index (χ0n) is 13.0. The number of hydrogen-bond acceptors (Lipinski definition) is 3. The molecule has 4 heteroatoms. The van der Waals surface area contributed by atoms with Gasteiger partial charge in [0.05, 0.1) is 18.6 Å². The predicted octanol–water partition coefficient (Wildman–Crippen LogP) is 4.18. The van der Waals surface area contributed by atoms with Crippen LogP contribution < -0.4 is 5.32 Å². The molecule has 0 amide bonds. The van der Waals surface area contributed by atoms with Gasteiger partial charge >= 0.3 is 5.97 Å². The fourth-order valence-corrected chi connectivity index (χ4v) is 2.44. The number of para-hydroxylation sites is 1. The summed E-state index contributed by atoms with van der Waals surface area (Å²) >= 11 is 0. The topological polar surface area (TPSA) is 38.3 Å². The fourth-order valence-electron chi connectivity index (χ4n) is 2.44. The van der Waals surface area contributed by atoms with E-state index in [9.17, 15) is 9.18 Å². The molecule has 0 aliphatic rings. The molecule has 1 atom stereocenters. The van der Waals surface area contributed by atoms with Gasteiger partial charge in [-0.1, -0.05) is 36.4 Å². The normalized spacial score (nSPS) is 12.5. The van der Waals surface area contributed by atoms with Crippen molar-refractivity contribution in [1.29, 1.82) is 0 Å². The minimum Gasteiger partial charge on any atom is -0.469 e. The largest absolute Gasteiger partial charge is 0.469 e. The first kappa shape index (κ1) is 16.0. The van der Waals surface area contributed by atoms with E-state index in [1.165, 1.54) is 13.2 Å². The first-order valence-electron chi connectivity index (χ1n) is 7.11. The molecular formula is C18H20FNO2. The Morgan fingerprint density at radius 3 is 2.27 bits per heavy atom. The molecule has 2 rings (SSSR count). The molecule has 0 aliphatic heterocycles. The number of benzene rings is 2. The van der Waals surface area contributed by atoms with Gasteiger partial charge in [0.2, 0.25) is 0 Å². The Kier molecular flexibility index (Phi) is 4.81. The summed E-state index contributed by atoms with van der Waals surface area (Å²) in [5.74, 6) is -0.753. The van der Waals surface area contributed by atoms with E-state index in [4.69, 9.17) is 4.74 Å². The second kappa shape index (κ2) is 6.60. The standard InChI is InChI=1S/C18H20FNO2/c1-18(2,17(21)22-3)16(14-11-7-8-12-15(14)19)20-13-9-5-4-6-10-13/h4-12,16,20H,1-3H3/t16-/m0/s1. The molecule has 0 radical (unpaired) electrons. The summed E-state index contributed by atoms with van der Waals surface area (Å²) in [6.45, 7) is 3.48. The molecule has 2 aromatic carbocycles. The number of anilines is 1. The van der Waals surface area contributed by atoms with Crippen molar-refractivity contribution in [2.45, 2.75) is 19.9 Å². The lowest BCUT2D eigenvalue weighted by molar-refractivity contribution is -0.151. The number of nitrogens with one attached hydrogen (secondary N) is 1. The molecule has 0 fully saturated rings. The molecular weight excluding hydrogens is 281 g/mol. The van der Waals surface area contributed by atoms with Crippen molar-refractivity contribution in [2.24, 2.45) is 5.41 Å². The summed E-state index contributed by atoms with van der Waals surface area (Å²) < 4.78 is 19.1. The van der Waals surface area contributed by atoms with Crippen LogP contribution in [0.15, 0.2) is 54.6 Å². The summed E-state index contributed by atoms with van der Waals surface area (Å²) in [5, 5.41) is 3.25. The molecule has 0 unspecified atom stereocenters. The maximum Gasteiger partial charge on any atom is 0.313 e. The van der Waals surface area contributed by atoms with Crippen molar-refractivity contribution >= 4 is 11.7 Å². The Hall–Kier alpha value is -2.36. The summed E-state index contributed by atoms with van der Waals surface area (Å²) in [6.07, 6.45) is 0. The van der Waals surface area contributed by atoms with Gasteiger partial charge in [-0.2, -0.15) is 0 Å². The van der Waals surface area contributed by atoms with Crippen molar-refractivity contribution < 1.29 is 13.9 Å². The zero-order valence-corrected chi connectivity index (χ0v) is 13.0. The Labute approximate surface area is 130 Å². The van der Waals surface area contributed by atoms with E-state index >= 15 is 0 Å². The maximum absolute atomic E-state index is 14.2. The zero-order chi connectivity index (χ0) is 16.2. The van der Waals surface area contributed by atoms with Crippen LogP contribution in [0.5, 0.6) is 0 Å². The molecule has 0 saturated heterocycles. The summed E-state index contributed by atoms with van der Waals surface area (Å²) in [5.41, 5.74) is 0.307. The first-order valence-corrected chi connectivity index (χ1v) is 7.11. The van der Waals surface area contributed by atoms with Gasteiger partial charge in [0.1, 0.15) is 5.82 Å². The average Bonchev–Trinajstić information content (AvgIpc) is 2.53. The highest BCUT2D eigenvalue weighted by molar-refractivity contribution is 5.78. The van der Waals surface area contributed by atoms with Crippen LogP contribution in [-0.4, -0.2) is 13.1 Å². The molecule has 0 bridgehead atoms. The highest BCUT2D eigenvalue weighted by Crippen LogP contribution is 2.38. The number of ether oxygens (including phenoxy) is 1. The SMILES string of the molecule is COC(=O)C(C)(C)[C@@H](Nc1ccccc1)c1ccccc1F. The Morgan fingerprint density at radius 2 is 1.68 bits per heavy atom. The third kappa shape index (κ3) is 3.27. The number of carbonyl (C=O) groups is 1. The smallest absolute Gasteiger partial charge is 0.313 e. The monoisotopic (exact) mass is 301 g/mol. The third-order valence-corrected chi connectivity index (χ3v) is 3.73. The molecule has 0 aliphatic carbocycles. The Bertz CT molecular complexity index is 641. The van der Waals surface area contributed by atoms with Crippen LogP contribution in [0.1, 0.15) is 25.5 Å². The number of halogens is 1. The number of methoxy groups -OCH3 is 1. The highest BCUT2D eigenvalue weighted by atomic mass is 19.1. The Balaban J connectivity index is 2.45. The molecule has 0 heterocycles. The minimum absolute atomic E-state index is 0.354. The van der Waals surface area contributed by atoms with E-state index in [2.05, 4.69) is 5.32 Å². The van der Waals surface area contributed by atoms with Crippen LogP contribution in [0.4, 0.5) is 10.1 Å². The van der Waals surface area contributed by atoms with E-state index in [0.29, 0.717) is 5.56 Å². The number of rotatable bonds is 5. The summed E-state index contributed by atoms with van der Waals surface area (Å²) in [6, 6.07) is 15.3. The molecule has 2 aromatic rings. The quantitative estimate of drug-likeness (QED) is 0.842. The molecule has 1 N–H and O–H groups in total. The van der Waals surface area contributed by atoms with Crippen molar-refractivity contribution in [2.75, 3.05) is 12.4 Å². The van der Waals surface area contributed by atoms with Crippen molar-refractivity contribution in [3.63, 3.8) is 0 Å². The van der Waals surface area contributed by atoms with Crippen LogP contribution in [0.2, 0.25) is 0 Å². The number of carbonyl (C=O) groups excluding carboxylic acids is 1. The predicted molar refractivity (Wildman–Crippen MR) is 85.0 cm³/mol. The first-order chi connectivity index (χ1) is 10.5. The summed E-state index contributed by atoms with van der Waals surface area (Å²) in [4.78, 5) is 12.2. The van der Waals surface area contributed by atoms with Crippen LogP contribution in [-0.2, 0) is 9.53 Å². The van der Waals surface area contributed by atoms with Crippen molar-refractivity contribution in [3.8, 4) is 0 Å². The Morgan fingerprint density at radius 1 is 1.09 bits per heavy atom. The van der Waals surface area contributed by atoms with Gasteiger partial charge < -0.3 is 10.1 Å². The second-order valence-electron chi connectivity index (χ2n) is 5.68. The van der Waals surface area contributed by atoms with Gasteiger partial charge in [-0.15, -0.1) is 0 Å². The van der Waals surface area contributed by atoms with E-state index in [1.54, 1.807) is 32.0 Å². The van der Waals surface area contributed by atoms with Crippen molar-refractivity contribution in [1.82, 2.24) is 0 Å². The van der Waals surface area contributed by atoms with Gasteiger partial charge in [-0.25, -0.2) is 4.39 Å². The molecule has 22 heavy (non-hydrogen) atoms. The van der Waals surface area contributed by atoms with Gasteiger partial charge in [0.25, 0.3) is 0 Å². The van der Waals surface area contributed by atoms with Crippen LogP contribution in [0.25, 0.3) is 0 Å². The van der Waals surface area contributed by atoms with Gasteiger partial charge in [0.15, 0.2) is 0 Å². The lowest BCUT2D eigenvalue weighted by atomic mass is 9.80. The van der Waals surface area contributed by atoms with Gasteiger partial charge in [0, 0.05) is 11.3 Å². The molecule has 116 valence electrons. The molecule has 0 saturated carbocycles. The van der Waals surface area contributed by atoms with E-state index < -0.39 is 17.4 Å². The second-order valence-corrected chi connectivity index (χ2v) is 5.68. The lowest BCUT2D eigenvalue weighted by Crippen LogP contribution is -2.37. The maximum atomic E-state index is 14.2. The van der Waals surface area contributed by atoms with Crippen LogP contribution >= 0.6 is 0 Å². The molecule has 3 nitrogen and oxygen atoms in total. The van der Waals surface area contributed by atoms with E-state index in [-0.39, 0.29) is 5.82 Å². The van der Waals surface area contributed by atoms with E-state index in [0.717, 1.165) is 5.69 Å². The lowest BCUT2D eigenvalue weighted by Gasteiger charge is -2.33. The van der Waals surface area contributed by atoms with Crippen LogP contribution in [0.3, 0.4) is 0 Å². The average molecular weight is 301 g/mol. The van der Waals surface area contributed by atoms with Crippen LogP contribution in [0, 0.1) is 11.2 Å². The minimum atomic E-state index is -0.938. The third-order valence-electron chi connectivity index (χ3n) is 3.73. The number of hydrogen-bond donors (Lipinski definition) is 1. The van der Waals surface area contributed by atoms with E-state index in [1.807, 2.05) is 30.3 Å². The molecule has 0 spiro atoms. The van der Waals surface area contributed by atoms with Gasteiger partial charge in [-0.3, -0.25) is 4.79 Å².